The second-order valence-electron chi connectivity index (χ2n) is 6.00. The van der Waals surface area contributed by atoms with Gasteiger partial charge in [0.15, 0.2) is 0 Å². The summed E-state index contributed by atoms with van der Waals surface area (Å²) in [6.45, 7) is 2.54. The van der Waals surface area contributed by atoms with Crippen LogP contribution < -0.4 is 0 Å². The van der Waals surface area contributed by atoms with E-state index in [1.807, 2.05) is 0 Å². The van der Waals surface area contributed by atoms with Gasteiger partial charge in [-0.1, -0.05) is 18.0 Å². The van der Waals surface area contributed by atoms with E-state index in [9.17, 15) is 5.21 Å². The molecule has 0 aromatic rings. The second-order valence-corrected chi connectivity index (χ2v) is 6.00. The molecule has 2 saturated carbocycles. The molecule has 1 N–H and O–H groups in total. The third-order valence-corrected chi connectivity index (χ3v) is 5.12. The molecule has 0 aromatic heterocycles. The number of hydrogen-bond donors (Lipinski definition) is 1. The van der Waals surface area contributed by atoms with Crippen LogP contribution in [0.25, 0.3) is 0 Å². The largest absolute Gasteiger partial charge is 0.411 e. The van der Waals surface area contributed by atoms with E-state index in [4.69, 9.17) is 0 Å². The van der Waals surface area contributed by atoms with Crippen LogP contribution in [0.5, 0.6) is 0 Å². The molecule has 3 aliphatic rings. The van der Waals surface area contributed by atoms with Crippen molar-refractivity contribution in [3.8, 4) is 0 Å². The zero-order valence-electron chi connectivity index (χ0n) is 10.6. The molecule has 3 atom stereocenters. The highest BCUT2D eigenvalue weighted by Crippen LogP contribution is 2.40. The normalized spacial score (nSPS) is 41.6. The number of rotatable bonds is 1. The van der Waals surface area contributed by atoms with Gasteiger partial charge in [-0.05, 0) is 51.6 Å². The summed E-state index contributed by atoms with van der Waals surface area (Å²) in [6, 6.07) is 0.678. The lowest BCUT2D eigenvalue weighted by Gasteiger charge is -2.46. The molecule has 0 aromatic carbocycles. The van der Waals surface area contributed by atoms with Crippen LogP contribution in [0.15, 0.2) is 5.16 Å². The van der Waals surface area contributed by atoms with Gasteiger partial charge in [0.1, 0.15) is 0 Å². The smallest absolute Gasteiger partial charge is 0.0648 e. The van der Waals surface area contributed by atoms with E-state index < -0.39 is 0 Å². The van der Waals surface area contributed by atoms with Crippen molar-refractivity contribution in [1.82, 2.24) is 4.90 Å². The van der Waals surface area contributed by atoms with E-state index in [1.165, 1.54) is 64.5 Å². The summed E-state index contributed by atoms with van der Waals surface area (Å²) < 4.78 is 0. The maximum Gasteiger partial charge on any atom is 0.0648 e. The molecule has 3 fully saturated rings. The quantitative estimate of drug-likeness (QED) is 0.561. The van der Waals surface area contributed by atoms with Gasteiger partial charge in [-0.15, -0.1) is 0 Å². The van der Waals surface area contributed by atoms with Crippen LogP contribution in [-0.4, -0.2) is 35.0 Å². The highest BCUT2D eigenvalue weighted by atomic mass is 16.4. The molecular weight excluding hydrogens is 212 g/mol. The fourth-order valence-corrected chi connectivity index (χ4v) is 4.28. The third-order valence-electron chi connectivity index (χ3n) is 5.12. The van der Waals surface area contributed by atoms with Crippen molar-refractivity contribution in [1.29, 1.82) is 0 Å². The van der Waals surface area contributed by atoms with E-state index in [1.54, 1.807) is 0 Å². The average molecular weight is 236 g/mol. The van der Waals surface area contributed by atoms with Crippen LogP contribution in [0.1, 0.15) is 51.4 Å². The van der Waals surface area contributed by atoms with Crippen molar-refractivity contribution in [2.75, 3.05) is 13.1 Å². The van der Waals surface area contributed by atoms with E-state index in [0.717, 1.165) is 5.71 Å². The fraction of sp³-hybridized carbons (Fsp3) is 0.929. The molecule has 0 radical (unpaired) electrons. The van der Waals surface area contributed by atoms with Crippen LogP contribution in [0.4, 0.5) is 0 Å². The van der Waals surface area contributed by atoms with Crippen molar-refractivity contribution >= 4 is 5.71 Å². The van der Waals surface area contributed by atoms with Gasteiger partial charge in [-0.2, -0.15) is 0 Å². The number of nitrogens with zero attached hydrogens (tertiary/aromatic N) is 2. The van der Waals surface area contributed by atoms with Crippen molar-refractivity contribution in [3.05, 3.63) is 0 Å². The van der Waals surface area contributed by atoms with Crippen LogP contribution >= 0.6 is 0 Å². The molecular formula is C14H24N2O. The predicted molar refractivity (Wildman–Crippen MR) is 68.5 cm³/mol. The molecule has 0 amide bonds. The number of fused-ring (bicyclic) bond motifs is 2. The summed E-state index contributed by atoms with van der Waals surface area (Å²) in [6.07, 6.45) is 10.5. The number of oxime groups is 1. The molecule has 17 heavy (non-hydrogen) atoms. The van der Waals surface area contributed by atoms with Gasteiger partial charge in [0.05, 0.1) is 5.71 Å². The summed E-state index contributed by atoms with van der Waals surface area (Å²) in [7, 11) is 0. The summed E-state index contributed by atoms with van der Waals surface area (Å²) in [5, 5.41) is 12.9. The van der Waals surface area contributed by atoms with E-state index >= 15 is 0 Å². The minimum absolute atomic E-state index is 0.561. The maximum absolute atomic E-state index is 9.28. The monoisotopic (exact) mass is 236 g/mol. The lowest BCUT2D eigenvalue weighted by molar-refractivity contribution is 0.0972. The molecule has 3 nitrogen and oxygen atoms in total. The Hall–Kier alpha value is -0.570. The Bertz CT molecular complexity index is 297. The topological polar surface area (TPSA) is 35.8 Å². The van der Waals surface area contributed by atoms with Gasteiger partial charge in [0.2, 0.25) is 0 Å². The molecule has 2 bridgehead atoms. The van der Waals surface area contributed by atoms with Crippen LogP contribution in [0.2, 0.25) is 0 Å². The molecule has 0 unspecified atom stereocenters. The SMILES string of the molecule is O/N=C1\[C@@H]2CCC[C@H]1[C@@H](N1CCCCC1)CC2. The van der Waals surface area contributed by atoms with Crippen LogP contribution in [-0.2, 0) is 0 Å². The summed E-state index contributed by atoms with van der Waals surface area (Å²) >= 11 is 0. The Balaban J connectivity index is 1.76. The molecule has 1 heterocycles. The molecule has 0 spiro atoms. The lowest BCUT2D eigenvalue weighted by Crippen LogP contribution is -2.51. The first-order valence-electron chi connectivity index (χ1n) is 7.36. The Morgan fingerprint density at radius 2 is 1.76 bits per heavy atom. The molecule has 3 heteroatoms. The predicted octanol–water partition coefficient (Wildman–Crippen LogP) is 2.88. The number of likely N-dealkylation sites (tertiary alicyclic amines) is 1. The summed E-state index contributed by atoms with van der Waals surface area (Å²) in [4.78, 5) is 2.68. The molecule has 3 rings (SSSR count). The molecule has 1 saturated heterocycles. The first-order chi connectivity index (χ1) is 8.40. The Labute approximate surface area is 104 Å². The Morgan fingerprint density at radius 3 is 2.53 bits per heavy atom. The first-order valence-corrected chi connectivity index (χ1v) is 7.36. The van der Waals surface area contributed by atoms with Crippen molar-refractivity contribution in [2.45, 2.75) is 57.4 Å². The number of piperidine rings is 1. The van der Waals surface area contributed by atoms with Crippen molar-refractivity contribution < 1.29 is 5.21 Å². The standard InChI is InChI=1S/C14H24N2O/c17-15-14-11-5-4-6-12(14)13(8-7-11)16-9-2-1-3-10-16/h11-13,17H,1-10H2/b15-14+/t11-,12+,13+/m1/s1. The highest BCUT2D eigenvalue weighted by Gasteiger charge is 2.41. The summed E-state index contributed by atoms with van der Waals surface area (Å²) in [5.41, 5.74) is 1.14. The van der Waals surface area contributed by atoms with Gasteiger partial charge < -0.3 is 5.21 Å². The maximum atomic E-state index is 9.28. The molecule has 96 valence electrons. The number of hydrogen-bond acceptors (Lipinski definition) is 3. The zero-order valence-corrected chi connectivity index (χ0v) is 10.6. The van der Waals surface area contributed by atoms with E-state index in [-0.39, 0.29) is 0 Å². The lowest BCUT2D eigenvalue weighted by atomic mass is 9.67. The van der Waals surface area contributed by atoms with Gasteiger partial charge in [-0.25, -0.2) is 0 Å². The minimum Gasteiger partial charge on any atom is -0.411 e. The van der Waals surface area contributed by atoms with Crippen molar-refractivity contribution in [2.24, 2.45) is 17.0 Å². The highest BCUT2D eigenvalue weighted by molar-refractivity contribution is 5.90. The van der Waals surface area contributed by atoms with E-state index in [0.29, 0.717) is 17.9 Å². The van der Waals surface area contributed by atoms with E-state index in [2.05, 4.69) is 10.1 Å². The fourth-order valence-electron chi connectivity index (χ4n) is 4.28. The molecule has 1 aliphatic heterocycles. The van der Waals surface area contributed by atoms with Gasteiger partial charge >= 0.3 is 0 Å². The van der Waals surface area contributed by atoms with Crippen molar-refractivity contribution in [3.63, 3.8) is 0 Å². The Morgan fingerprint density at radius 1 is 0.941 bits per heavy atom. The van der Waals surface area contributed by atoms with Gasteiger partial charge in [-0.3, -0.25) is 4.90 Å². The average Bonchev–Trinajstić information content (AvgIpc) is 2.39. The van der Waals surface area contributed by atoms with Gasteiger partial charge in [0.25, 0.3) is 0 Å². The van der Waals surface area contributed by atoms with Gasteiger partial charge in [0, 0.05) is 17.9 Å². The zero-order chi connectivity index (χ0) is 11.7. The minimum atomic E-state index is 0.561. The summed E-state index contributed by atoms with van der Waals surface area (Å²) in [5.74, 6) is 1.16. The third kappa shape index (κ3) is 2.10. The second kappa shape index (κ2) is 4.97. The molecule has 2 aliphatic carbocycles. The first kappa shape index (κ1) is 11.5. The Kier molecular flexibility index (Phi) is 3.37. The van der Waals surface area contributed by atoms with Crippen LogP contribution in [0, 0.1) is 11.8 Å². The van der Waals surface area contributed by atoms with Crippen LogP contribution in [0.3, 0.4) is 0 Å².